The summed E-state index contributed by atoms with van der Waals surface area (Å²) in [5.74, 6) is 4.31. The molecule has 2 bridgehead atoms. The van der Waals surface area contributed by atoms with Gasteiger partial charge in [0.05, 0.1) is 0 Å². The molecule has 0 aromatic rings. The van der Waals surface area contributed by atoms with Gasteiger partial charge in [-0.15, -0.1) is 11.5 Å². The highest BCUT2D eigenvalue weighted by molar-refractivity contribution is 6.83. The maximum absolute atomic E-state index is 11.6. The minimum absolute atomic E-state index is 0.156. The summed E-state index contributed by atoms with van der Waals surface area (Å²) in [6.45, 7) is 8.82. The van der Waals surface area contributed by atoms with Gasteiger partial charge in [0, 0.05) is 25.2 Å². The van der Waals surface area contributed by atoms with Gasteiger partial charge in [0.15, 0.2) is 11.5 Å². The van der Waals surface area contributed by atoms with Gasteiger partial charge in [0.2, 0.25) is 0 Å². The van der Waals surface area contributed by atoms with Gasteiger partial charge >= 0.3 is 0 Å². The van der Waals surface area contributed by atoms with Gasteiger partial charge < -0.3 is 4.74 Å². The average Bonchev–Trinajstić information content (AvgIpc) is 2.56. The predicted molar refractivity (Wildman–Crippen MR) is 71.0 cm³/mol. The van der Waals surface area contributed by atoms with Crippen LogP contribution in [0.3, 0.4) is 0 Å². The van der Waals surface area contributed by atoms with E-state index in [1.54, 1.807) is 0 Å². The number of carbonyl (C=O) groups excluding carboxylic acids is 1. The normalized spacial score (nSPS) is 31.4. The van der Waals surface area contributed by atoms with Crippen LogP contribution in [0.5, 0.6) is 0 Å². The van der Waals surface area contributed by atoms with E-state index in [1.807, 2.05) is 6.08 Å². The summed E-state index contributed by atoms with van der Waals surface area (Å²) in [5.41, 5.74) is 3.17. The Kier molecular flexibility index (Phi) is 2.95. The lowest BCUT2D eigenvalue weighted by molar-refractivity contribution is -0.132. The minimum atomic E-state index is -1.31. The Morgan fingerprint density at radius 2 is 2.24 bits per heavy atom. The van der Waals surface area contributed by atoms with Gasteiger partial charge in [-0.3, -0.25) is 4.79 Å². The Bertz CT molecular complexity index is 433. The number of hydrogen-bond donors (Lipinski definition) is 0. The summed E-state index contributed by atoms with van der Waals surface area (Å²) in [7, 11) is -1.31. The zero-order chi connectivity index (χ0) is 12.7. The van der Waals surface area contributed by atoms with Crippen molar-refractivity contribution in [1.29, 1.82) is 0 Å². The topological polar surface area (TPSA) is 26.3 Å². The maximum Gasteiger partial charge on any atom is 0.197 e. The zero-order valence-corrected chi connectivity index (χ0v) is 12.1. The summed E-state index contributed by atoms with van der Waals surface area (Å²) in [5, 5.41) is 0. The van der Waals surface area contributed by atoms with Gasteiger partial charge in [-0.2, -0.15) is 0 Å². The van der Waals surface area contributed by atoms with Crippen LogP contribution in [-0.4, -0.2) is 19.5 Å². The Hall–Kier alpha value is -1.01. The molecule has 0 N–H and O–H groups in total. The molecule has 0 saturated carbocycles. The molecule has 0 aromatic heterocycles. The van der Waals surface area contributed by atoms with Crippen molar-refractivity contribution in [1.82, 2.24) is 0 Å². The molecule has 3 heteroatoms. The standard InChI is InChI=1S/C14H20O2Si/c1-11-10-12(15)13-6-8-14(11,16-13)7-5-9-17(2,3)4/h6,11H,7-8,10H2,1-4H3. The van der Waals surface area contributed by atoms with Gasteiger partial charge in [0.25, 0.3) is 0 Å². The lowest BCUT2D eigenvalue weighted by atomic mass is 9.81. The SMILES string of the molecule is CC1CC(=O)C2=CCC1(CC#C[Si](C)(C)C)O2. The van der Waals surface area contributed by atoms with Gasteiger partial charge in [-0.1, -0.05) is 26.6 Å². The molecule has 0 aliphatic carbocycles. The van der Waals surface area contributed by atoms with E-state index >= 15 is 0 Å². The van der Waals surface area contributed by atoms with Crippen LogP contribution in [0, 0.1) is 17.4 Å². The average molecular weight is 248 g/mol. The molecule has 2 unspecified atom stereocenters. The summed E-state index contributed by atoms with van der Waals surface area (Å²) >= 11 is 0. The second-order valence-corrected chi connectivity index (χ2v) is 10.9. The van der Waals surface area contributed by atoms with E-state index in [-0.39, 0.29) is 17.3 Å². The largest absolute Gasteiger partial charge is 0.482 e. The van der Waals surface area contributed by atoms with E-state index in [2.05, 4.69) is 38.0 Å². The molecule has 2 nitrogen and oxygen atoms in total. The van der Waals surface area contributed by atoms with Gasteiger partial charge in [-0.05, 0) is 6.08 Å². The Balaban J connectivity index is 2.11. The fourth-order valence-electron chi connectivity index (χ4n) is 2.35. The summed E-state index contributed by atoms with van der Waals surface area (Å²) in [4.78, 5) is 11.6. The molecule has 2 atom stereocenters. The molecule has 0 spiro atoms. The minimum Gasteiger partial charge on any atom is -0.482 e. The number of Topliss-reactive ketones (excluding diaryl/α,β-unsaturated/α-hetero) is 1. The highest BCUT2D eigenvalue weighted by Crippen LogP contribution is 2.44. The molecule has 2 rings (SSSR count). The zero-order valence-electron chi connectivity index (χ0n) is 11.1. The second-order valence-electron chi connectivity index (χ2n) is 6.20. The van der Waals surface area contributed by atoms with Crippen LogP contribution >= 0.6 is 0 Å². The number of rotatable bonds is 1. The number of hydrogen-bond acceptors (Lipinski definition) is 2. The molecule has 0 amide bonds. The quantitative estimate of drug-likeness (QED) is 0.527. The van der Waals surface area contributed by atoms with E-state index in [0.717, 1.165) is 12.8 Å². The Labute approximate surface area is 104 Å². The molecule has 92 valence electrons. The second kappa shape index (κ2) is 4.03. The predicted octanol–water partition coefficient (Wildman–Crippen LogP) is 2.91. The van der Waals surface area contributed by atoms with E-state index in [1.165, 1.54) is 0 Å². The van der Waals surface area contributed by atoms with E-state index in [0.29, 0.717) is 12.2 Å². The van der Waals surface area contributed by atoms with Crippen molar-refractivity contribution < 1.29 is 9.53 Å². The molecule has 0 aromatic carbocycles. The molecule has 2 aliphatic rings. The monoisotopic (exact) mass is 248 g/mol. The molecular weight excluding hydrogens is 228 g/mol. The van der Waals surface area contributed by atoms with Crippen molar-refractivity contribution in [3.05, 3.63) is 11.8 Å². The maximum atomic E-state index is 11.6. The summed E-state index contributed by atoms with van der Waals surface area (Å²) < 4.78 is 5.85. The highest BCUT2D eigenvalue weighted by Gasteiger charge is 2.47. The van der Waals surface area contributed by atoms with Crippen molar-refractivity contribution in [3.63, 3.8) is 0 Å². The van der Waals surface area contributed by atoms with Crippen molar-refractivity contribution in [2.45, 2.75) is 51.4 Å². The third kappa shape index (κ3) is 2.47. The van der Waals surface area contributed by atoms with Crippen LogP contribution < -0.4 is 0 Å². The van der Waals surface area contributed by atoms with Gasteiger partial charge in [-0.25, -0.2) is 0 Å². The first-order valence-corrected chi connectivity index (χ1v) is 9.75. The van der Waals surface area contributed by atoms with E-state index in [4.69, 9.17) is 4.74 Å². The lowest BCUT2D eigenvalue weighted by Gasteiger charge is -2.37. The van der Waals surface area contributed by atoms with Crippen LogP contribution in [0.15, 0.2) is 11.8 Å². The number of fused-ring (bicyclic) bond motifs is 2. The van der Waals surface area contributed by atoms with Crippen LogP contribution in [-0.2, 0) is 9.53 Å². The third-order valence-corrected chi connectivity index (χ3v) is 4.39. The van der Waals surface area contributed by atoms with Crippen LogP contribution in [0.25, 0.3) is 0 Å². The lowest BCUT2D eigenvalue weighted by Crippen LogP contribution is -2.41. The third-order valence-electron chi connectivity index (χ3n) is 3.46. The number of ketones is 1. The number of allylic oxidation sites excluding steroid dienone is 1. The fourth-order valence-corrected chi connectivity index (χ4v) is 2.97. The Morgan fingerprint density at radius 3 is 2.88 bits per heavy atom. The van der Waals surface area contributed by atoms with Gasteiger partial charge in [0.1, 0.15) is 13.7 Å². The fraction of sp³-hybridized carbons (Fsp3) is 0.643. The first-order valence-electron chi connectivity index (χ1n) is 6.25. The highest BCUT2D eigenvalue weighted by atomic mass is 28.3. The molecule has 17 heavy (non-hydrogen) atoms. The van der Waals surface area contributed by atoms with Crippen molar-refractivity contribution in [2.75, 3.05) is 0 Å². The first kappa shape index (κ1) is 12.4. The summed E-state index contributed by atoms with van der Waals surface area (Å²) in [6.07, 6.45) is 4.16. The summed E-state index contributed by atoms with van der Waals surface area (Å²) in [6, 6.07) is 0. The number of ether oxygens (including phenoxy) is 1. The molecule has 1 saturated heterocycles. The van der Waals surface area contributed by atoms with Crippen molar-refractivity contribution in [2.24, 2.45) is 5.92 Å². The smallest absolute Gasteiger partial charge is 0.197 e. The van der Waals surface area contributed by atoms with E-state index < -0.39 is 8.07 Å². The molecule has 2 aliphatic heterocycles. The van der Waals surface area contributed by atoms with E-state index in [9.17, 15) is 4.79 Å². The van der Waals surface area contributed by atoms with Crippen molar-refractivity contribution >= 4 is 13.9 Å². The Morgan fingerprint density at radius 1 is 1.53 bits per heavy atom. The molecular formula is C14H20O2Si. The molecule has 2 heterocycles. The van der Waals surface area contributed by atoms with Crippen molar-refractivity contribution in [3.8, 4) is 11.5 Å². The molecule has 1 fully saturated rings. The number of carbonyl (C=O) groups is 1. The molecule has 0 radical (unpaired) electrons. The van der Waals surface area contributed by atoms with Crippen LogP contribution in [0.1, 0.15) is 26.2 Å². The first-order chi connectivity index (χ1) is 7.82. The van der Waals surface area contributed by atoms with Crippen LogP contribution in [0.4, 0.5) is 0 Å². The van der Waals surface area contributed by atoms with Crippen LogP contribution in [0.2, 0.25) is 19.6 Å².